The number of ether oxygens (including phenoxy) is 3. The fourth-order valence-corrected chi connectivity index (χ4v) is 3.43. The van der Waals surface area contributed by atoms with Crippen LogP contribution in [0.15, 0.2) is 48.5 Å². The lowest BCUT2D eigenvalue weighted by Crippen LogP contribution is -3.12. The Morgan fingerprint density at radius 2 is 1.68 bits per heavy atom. The van der Waals surface area contributed by atoms with Crippen LogP contribution in [-0.4, -0.2) is 57.9 Å². The summed E-state index contributed by atoms with van der Waals surface area (Å²) in [5, 5.41) is 2.81. The summed E-state index contributed by atoms with van der Waals surface area (Å²) in [7, 11) is 1.62. The van der Waals surface area contributed by atoms with Gasteiger partial charge in [-0.15, -0.1) is 0 Å². The zero-order valence-electron chi connectivity index (χ0n) is 18.2. The molecule has 0 spiro atoms. The molecule has 0 radical (unpaired) electrons. The molecule has 0 bridgehead atoms. The van der Waals surface area contributed by atoms with E-state index in [1.807, 2.05) is 36.4 Å². The molecule has 166 valence electrons. The first kappa shape index (κ1) is 22.8. The summed E-state index contributed by atoms with van der Waals surface area (Å²) in [5.41, 5.74) is 2.70. The van der Waals surface area contributed by atoms with Crippen molar-refractivity contribution in [1.29, 1.82) is 0 Å². The Morgan fingerprint density at radius 1 is 1.03 bits per heavy atom. The van der Waals surface area contributed by atoms with Gasteiger partial charge in [0.2, 0.25) is 0 Å². The van der Waals surface area contributed by atoms with E-state index in [9.17, 15) is 9.59 Å². The van der Waals surface area contributed by atoms with E-state index in [1.165, 1.54) is 4.90 Å². The van der Waals surface area contributed by atoms with Gasteiger partial charge >= 0.3 is 5.97 Å². The molecule has 0 unspecified atom stereocenters. The number of carbonyl (C=O) groups is 2. The van der Waals surface area contributed by atoms with Gasteiger partial charge in [0.1, 0.15) is 25.4 Å². The van der Waals surface area contributed by atoms with Gasteiger partial charge in [-0.1, -0.05) is 24.3 Å². The molecule has 7 heteroatoms. The molecule has 1 saturated heterocycles. The van der Waals surface area contributed by atoms with E-state index >= 15 is 0 Å². The quantitative estimate of drug-likeness (QED) is 0.584. The Kier molecular flexibility index (Phi) is 8.44. The van der Waals surface area contributed by atoms with Crippen molar-refractivity contribution < 1.29 is 28.7 Å². The fraction of sp³-hybridized carbons (Fsp3) is 0.417. The fourth-order valence-electron chi connectivity index (χ4n) is 3.43. The second kappa shape index (κ2) is 11.5. The van der Waals surface area contributed by atoms with Crippen molar-refractivity contribution in [2.75, 3.05) is 40.0 Å². The van der Waals surface area contributed by atoms with E-state index in [0.29, 0.717) is 18.5 Å². The molecule has 3 rings (SSSR count). The highest BCUT2D eigenvalue weighted by molar-refractivity contribution is 5.92. The molecule has 1 amide bonds. The number of morpholine rings is 1. The lowest BCUT2D eigenvalue weighted by molar-refractivity contribution is -0.921. The molecule has 0 aliphatic carbocycles. The average molecular weight is 428 g/mol. The molecule has 1 fully saturated rings. The minimum atomic E-state index is -0.860. The Labute approximate surface area is 183 Å². The van der Waals surface area contributed by atoms with Gasteiger partial charge in [-0.3, -0.25) is 4.79 Å². The zero-order valence-corrected chi connectivity index (χ0v) is 18.2. The largest absolute Gasteiger partial charge is 0.497 e. The first-order valence-electron chi connectivity index (χ1n) is 10.7. The number of esters is 1. The summed E-state index contributed by atoms with van der Waals surface area (Å²) < 4.78 is 15.8. The first-order chi connectivity index (χ1) is 15.0. The Balaban J connectivity index is 1.41. The molecule has 1 aliphatic rings. The average Bonchev–Trinajstić information content (AvgIpc) is 2.80. The van der Waals surface area contributed by atoms with E-state index in [4.69, 9.17) is 14.2 Å². The van der Waals surface area contributed by atoms with Crippen LogP contribution in [-0.2, 0) is 27.2 Å². The van der Waals surface area contributed by atoms with E-state index in [1.54, 1.807) is 26.2 Å². The van der Waals surface area contributed by atoms with Gasteiger partial charge in [-0.25, -0.2) is 4.79 Å². The van der Waals surface area contributed by atoms with Crippen molar-refractivity contribution in [3.05, 3.63) is 65.2 Å². The highest BCUT2D eigenvalue weighted by Gasteiger charge is 2.19. The minimum absolute atomic E-state index is 0.311. The monoisotopic (exact) mass is 427 g/mol. The van der Waals surface area contributed by atoms with Crippen LogP contribution in [0.4, 0.5) is 0 Å². The highest BCUT2D eigenvalue weighted by atomic mass is 16.5. The van der Waals surface area contributed by atoms with Gasteiger partial charge in [-0.05, 0) is 43.2 Å². The van der Waals surface area contributed by atoms with Gasteiger partial charge in [0.15, 0.2) is 6.10 Å². The number of methoxy groups -OCH3 is 1. The summed E-state index contributed by atoms with van der Waals surface area (Å²) in [6.07, 6.45) is -0.177. The molecular formula is C24H31N2O5+. The Hall–Kier alpha value is -2.90. The van der Waals surface area contributed by atoms with E-state index in [-0.39, 0.29) is 5.91 Å². The van der Waals surface area contributed by atoms with E-state index in [2.05, 4.69) is 5.32 Å². The molecular weight excluding hydrogens is 396 g/mol. The van der Waals surface area contributed by atoms with Crippen molar-refractivity contribution in [3.63, 3.8) is 0 Å². The highest BCUT2D eigenvalue weighted by Crippen LogP contribution is 2.11. The lowest BCUT2D eigenvalue weighted by atomic mass is 10.1. The van der Waals surface area contributed by atoms with Crippen molar-refractivity contribution in [2.45, 2.75) is 26.0 Å². The van der Waals surface area contributed by atoms with Crippen molar-refractivity contribution >= 4 is 11.9 Å². The molecule has 0 aromatic heterocycles. The zero-order chi connectivity index (χ0) is 22.1. The Bertz CT molecular complexity index is 845. The molecule has 7 nitrogen and oxygen atoms in total. The summed E-state index contributed by atoms with van der Waals surface area (Å²) in [5.74, 6) is -0.0128. The molecule has 2 N–H and O–H groups in total. The van der Waals surface area contributed by atoms with Gasteiger partial charge in [0.05, 0.1) is 25.9 Å². The van der Waals surface area contributed by atoms with E-state index in [0.717, 1.165) is 49.7 Å². The van der Waals surface area contributed by atoms with Gasteiger partial charge in [0, 0.05) is 12.1 Å². The second-order valence-corrected chi connectivity index (χ2v) is 7.67. The smallest absolute Gasteiger partial charge is 0.338 e. The lowest BCUT2D eigenvalue weighted by Gasteiger charge is -2.23. The molecule has 1 aliphatic heterocycles. The van der Waals surface area contributed by atoms with Crippen molar-refractivity contribution in [3.8, 4) is 5.75 Å². The van der Waals surface area contributed by atoms with Crippen LogP contribution in [0.5, 0.6) is 5.75 Å². The number of benzene rings is 2. The second-order valence-electron chi connectivity index (χ2n) is 7.67. The van der Waals surface area contributed by atoms with E-state index < -0.39 is 12.1 Å². The number of quaternary nitrogens is 1. The van der Waals surface area contributed by atoms with Gasteiger partial charge < -0.3 is 24.4 Å². The summed E-state index contributed by atoms with van der Waals surface area (Å²) in [4.78, 5) is 26.1. The number of amides is 1. The number of hydrogen-bond donors (Lipinski definition) is 2. The third-order valence-electron chi connectivity index (χ3n) is 5.37. The number of hydrogen-bond acceptors (Lipinski definition) is 5. The number of carbonyl (C=O) groups excluding carboxylic acids is 2. The van der Waals surface area contributed by atoms with Crippen LogP contribution >= 0.6 is 0 Å². The topological polar surface area (TPSA) is 78.3 Å². The standard InChI is InChI=1S/C24H30N2O5/c1-18(23(27)25-12-11-19-5-9-22(29-2)10-6-19)31-24(28)21-7-3-20(4-8-21)17-26-13-15-30-16-14-26/h3-10,18H,11-17H2,1-2H3,(H,25,27)/p+1/t18-/m0/s1. The van der Waals surface area contributed by atoms with Crippen molar-refractivity contribution in [2.24, 2.45) is 0 Å². The van der Waals surface area contributed by atoms with Crippen LogP contribution in [0.25, 0.3) is 0 Å². The number of rotatable bonds is 9. The molecule has 1 heterocycles. The van der Waals surface area contributed by atoms with Crippen LogP contribution in [0, 0.1) is 0 Å². The maximum atomic E-state index is 12.4. The predicted octanol–water partition coefficient (Wildman–Crippen LogP) is 1.01. The van der Waals surface area contributed by atoms with Crippen LogP contribution < -0.4 is 15.0 Å². The van der Waals surface area contributed by atoms with Gasteiger partial charge in [-0.2, -0.15) is 0 Å². The minimum Gasteiger partial charge on any atom is -0.497 e. The molecule has 0 saturated carbocycles. The molecule has 1 atom stereocenters. The maximum Gasteiger partial charge on any atom is 0.338 e. The SMILES string of the molecule is COc1ccc(CCNC(=O)[C@H](C)OC(=O)c2ccc(C[NH+]3CCOCC3)cc2)cc1. The third-order valence-corrected chi connectivity index (χ3v) is 5.37. The van der Waals surface area contributed by atoms with Crippen LogP contribution in [0.2, 0.25) is 0 Å². The molecule has 31 heavy (non-hydrogen) atoms. The first-order valence-corrected chi connectivity index (χ1v) is 10.7. The summed E-state index contributed by atoms with van der Waals surface area (Å²) in [6.45, 7) is 6.53. The summed E-state index contributed by atoms with van der Waals surface area (Å²) >= 11 is 0. The number of nitrogens with one attached hydrogen (secondary N) is 2. The predicted molar refractivity (Wildman–Crippen MR) is 116 cm³/mol. The summed E-state index contributed by atoms with van der Waals surface area (Å²) in [6, 6.07) is 15.1. The normalized spacial score (nSPS) is 15.2. The van der Waals surface area contributed by atoms with Crippen molar-refractivity contribution in [1.82, 2.24) is 5.32 Å². The van der Waals surface area contributed by atoms with Crippen LogP contribution in [0.3, 0.4) is 0 Å². The van der Waals surface area contributed by atoms with Crippen LogP contribution in [0.1, 0.15) is 28.4 Å². The maximum absolute atomic E-state index is 12.4. The van der Waals surface area contributed by atoms with Gasteiger partial charge in [0.25, 0.3) is 5.91 Å². The molecule has 2 aromatic rings. The molecule has 2 aromatic carbocycles. The third kappa shape index (κ3) is 7.08. The Morgan fingerprint density at radius 3 is 2.32 bits per heavy atom.